The second-order valence-electron chi connectivity index (χ2n) is 8.28. The van der Waals surface area contributed by atoms with Gasteiger partial charge >= 0.3 is 0 Å². The number of amidine groups is 1. The molecular formula is C26H22N4O3S. The van der Waals surface area contributed by atoms with E-state index in [-0.39, 0.29) is 16.6 Å². The Hall–Kier alpha value is -4.01. The van der Waals surface area contributed by atoms with E-state index in [1.807, 2.05) is 42.5 Å². The quantitative estimate of drug-likeness (QED) is 0.310. The van der Waals surface area contributed by atoms with Crippen LogP contribution in [0, 0.1) is 5.41 Å². The summed E-state index contributed by atoms with van der Waals surface area (Å²) >= 11 is 0. The Morgan fingerprint density at radius 3 is 2.32 bits per heavy atom. The maximum Gasteiger partial charge on any atom is 0.258 e. The van der Waals surface area contributed by atoms with E-state index in [4.69, 9.17) is 16.3 Å². The van der Waals surface area contributed by atoms with Gasteiger partial charge in [0.1, 0.15) is 5.84 Å². The molecule has 0 saturated heterocycles. The van der Waals surface area contributed by atoms with Crippen LogP contribution >= 0.6 is 0 Å². The molecule has 0 radical (unpaired) electrons. The van der Waals surface area contributed by atoms with Gasteiger partial charge in [0.25, 0.3) is 5.91 Å². The van der Waals surface area contributed by atoms with Crippen molar-refractivity contribution in [2.75, 3.05) is 11.4 Å². The average Bonchev–Trinajstić information content (AvgIpc) is 3.25. The summed E-state index contributed by atoms with van der Waals surface area (Å²) in [6.07, 6.45) is 0.661. The second-order valence-corrected chi connectivity index (χ2v) is 9.81. The molecule has 0 bridgehead atoms. The topological polar surface area (TPSA) is 130 Å². The monoisotopic (exact) mass is 470 g/mol. The molecular weight excluding hydrogens is 448 g/mol. The van der Waals surface area contributed by atoms with Crippen LogP contribution in [0.3, 0.4) is 0 Å². The van der Waals surface area contributed by atoms with E-state index in [1.165, 1.54) is 6.07 Å². The van der Waals surface area contributed by atoms with Crippen molar-refractivity contribution >= 4 is 38.2 Å². The lowest BCUT2D eigenvalue weighted by Crippen LogP contribution is -2.28. The lowest BCUT2D eigenvalue weighted by atomic mass is 10.0. The number of nitrogens with zero attached hydrogens (tertiary/aromatic N) is 1. The highest BCUT2D eigenvalue weighted by Crippen LogP contribution is 2.35. The Labute approximate surface area is 197 Å². The zero-order chi connectivity index (χ0) is 24.0. The van der Waals surface area contributed by atoms with Crippen LogP contribution in [-0.2, 0) is 16.4 Å². The summed E-state index contributed by atoms with van der Waals surface area (Å²) < 4.78 is 24.0. The normalized spacial score (nSPS) is 13.1. The minimum Gasteiger partial charge on any atom is -0.384 e. The molecule has 34 heavy (non-hydrogen) atoms. The van der Waals surface area contributed by atoms with Gasteiger partial charge in [-0.25, -0.2) is 13.6 Å². The number of carbonyl (C=O) groups excluding carboxylic acids is 1. The van der Waals surface area contributed by atoms with E-state index in [2.05, 4.69) is 0 Å². The summed E-state index contributed by atoms with van der Waals surface area (Å²) in [5.74, 6) is -0.140. The van der Waals surface area contributed by atoms with Crippen LogP contribution in [0.2, 0.25) is 0 Å². The number of primary sulfonamides is 1. The van der Waals surface area contributed by atoms with Crippen LogP contribution in [-0.4, -0.2) is 26.7 Å². The number of amides is 1. The number of hydrogen-bond donors (Lipinski definition) is 3. The molecule has 0 aliphatic carbocycles. The molecule has 8 heteroatoms. The van der Waals surface area contributed by atoms with Crippen LogP contribution in [0.15, 0.2) is 83.8 Å². The standard InChI is InChI=1S/C26H22N4O3S/c27-25(28)19-7-5-16-6-8-20(15-21(16)14-19)26(31)30-12-11-18-13-17(9-10-23(18)30)22-3-1-2-4-24(22)34(29,32)33/h1-10,13-15H,11-12H2,(H3,27,28)(H2,29,32,33). The first kappa shape index (κ1) is 21.8. The van der Waals surface area contributed by atoms with Crippen molar-refractivity contribution in [2.45, 2.75) is 11.3 Å². The number of benzene rings is 4. The van der Waals surface area contributed by atoms with Gasteiger partial charge < -0.3 is 10.6 Å². The summed E-state index contributed by atoms with van der Waals surface area (Å²) in [4.78, 5) is 15.2. The number of nitrogens with one attached hydrogen (secondary N) is 1. The third-order valence-electron chi connectivity index (χ3n) is 6.12. The van der Waals surface area contributed by atoms with E-state index in [1.54, 1.807) is 35.2 Å². The number of hydrogen-bond acceptors (Lipinski definition) is 4. The highest BCUT2D eigenvalue weighted by molar-refractivity contribution is 7.89. The molecule has 1 amide bonds. The lowest BCUT2D eigenvalue weighted by Gasteiger charge is -2.18. The third-order valence-corrected chi connectivity index (χ3v) is 7.09. The number of carbonyl (C=O) groups is 1. The first-order valence-corrected chi connectivity index (χ1v) is 12.2. The Morgan fingerprint density at radius 1 is 0.882 bits per heavy atom. The zero-order valence-corrected chi connectivity index (χ0v) is 19.0. The number of nitrogens with two attached hydrogens (primary N) is 2. The molecule has 4 aromatic carbocycles. The van der Waals surface area contributed by atoms with E-state index in [0.717, 1.165) is 27.6 Å². The fourth-order valence-electron chi connectivity index (χ4n) is 4.44. The summed E-state index contributed by atoms with van der Waals surface area (Å²) in [7, 11) is -3.87. The third kappa shape index (κ3) is 3.83. The van der Waals surface area contributed by atoms with Crippen molar-refractivity contribution < 1.29 is 13.2 Å². The number of rotatable bonds is 4. The van der Waals surface area contributed by atoms with Gasteiger partial charge in [0.2, 0.25) is 10.0 Å². The van der Waals surface area contributed by atoms with E-state index < -0.39 is 10.0 Å². The molecule has 170 valence electrons. The zero-order valence-electron chi connectivity index (χ0n) is 18.2. The van der Waals surface area contributed by atoms with Gasteiger partial charge in [-0.1, -0.05) is 42.5 Å². The van der Waals surface area contributed by atoms with Crippen molar-refractivity contribution in [1.82, 2.24) is 0 Å². The molecule has 1 aliphatic heterocycles. The highest BCUT2D eigenvalue weighted by atomic mass is 32.2. The van der Waals surface area contributed by atoms with Gasteiger partial charge in [0, 0.05) is 28.9 Å². The van der Waals surface area contributed by atoms with Crippen LogP contribution in [0.1, 0.15) is 21.5 Å². The molecule has 1 heterocycles. The Kier molecular flexibility index (Phi) is 5.19. The van der Waals surface area contributed by atoms with Gasteiger partial charge in [-0.3, -0.25) is 10.2 Å². The van der Waals surface area contributed by atoms with Crippen molar-refractivity contribution in [2.24, 2.45) is 10.9 Å². The van der Waals surface area contributed by atoms with E-state index in [9.17, 15) is 13.2 Å². The van der Waals surface area contributed by atoms with Crippen LogP contribution in [0.4, 0.5) is 5.69 Å². The second kappa shape index (κ2) is 8.09. The van der Waals surface area contributed by atoms with Gasteiger partial charge in [0.05, 0.1) is 4.90 Å². The smallest absolute Gasteiger partial charge is 0.258 e. The van der Waals surface area contributed by atoms with Gasteiger partial charge in [-0.15, -0.1) is 0 Å². The molecule has 0 aromatic heterocycles. The summed E-state index contributed by atoms with van der Waals surface area (Å²) in [5.41, 5.74) is 9.81. The Bertz CT molecular complexity index is 1600. The highest BCUT2D eigenvalue weighted by Gasteiger charge is 2.26. The maximum absolute atomic E-state index is 13.4. The first-order chi connectivity index (χ1) is 16.2. The number of anilines is 1. The van der Waals surface area contributed by atoms with Gasteiger partial charge in [-0.05, 0) is 64.7 Å². The molecule has 0 saturated carbocycles. The van der Waals surface area contributed by atoms with Crippen molar-refractivity contribution in [3.05, 3.63) is 95.6 Å². The predicted molar refractivity (Wildman–Crippen MR) is 134 cm³/mol. The number of nitrogen functional groups attached to an aromatic ring is 1. The van der Waals surface area contributed by atoms with Crippen molar-refractivity contribution in [3.8, 4) is 11.1 Å². The van der Waals surface area contributed by atoms with Gasteiger partial charge in [-0.2, -0.15) is 0 Å². The molecule has 5 N–H and O–H groups in total. The molecule has 0 atom stereocenters. The molecule has 4 aromatic rings. The molecule has 5 rings (SSSR count). The first-order valence-electron chi connectivity index (χ1n) is 10.7. The van der Waals surface area contributed by atoms with E-state index in [0.29, 0.717) is 29.7 Å². The van der Waals surface area contributed by atoms with Crippen LogP contribution in [0.5, 0.6) is 0 Å². The summed E-state index contributed by atoms with van der Waals surface area (Å²) in [6.45, 7) is 0.528. The Balaban J connectivity index is 1.49. The molecule has 7 nitrogen and oxygen atoms in total. The molecule has 0 spiro atoms. The Morgan fingerprint density at radius 2 is 1.59 bits per heavy atom. The predicted octanol–water partition coefficient (Wildman–Crippen LogP) is 3.64. The van der Waals surface area contributed by atoms with Crippen molar-refractivity contribution in [1.29, 1.82) is 5.41 Å². The van der Waals surface area contributed by atoms with Crippen LogP contribution < -0.4 is 15.8 Å². The van der Waals surface area contributed by atoms with Crippen LogP contribution in [0.25, 0.3) is 21.9 Å². The SMILES string of the molecule is N=C(N)c1ccc2ccc(C(=O)N3CCc4cc(-c5ccccc5S(N)(=O)=O)ccc43)cc2c1. The summed E-state index contributed by atoms with van der Waals surface area (Å²) in [5, 5.41) is 14.9. The molecule has 0 fully saturated rings. The minimum absolute atomic E-state index is 0.0214. The number of fused-ring (bicyclic) bond motifs is 2. The van der Waals surface area contributed by atoms with E-state index >= 15 is 0 Å². The molecule has 1 aliphatic rings. The molecule has 0 unspecified atom stereocenters. The maximum atomic E-state index is 13.4. The fraction of sp³-hybridized carbons (Fsp3) is 0.0769. The lowest BCUT2D eigenvalue weighted by molar-refractivity contribution is 0.0989. The minimum atomic E-state index is -3.87. The van der Waals surface area contributed by atoms with Crippen molar-refractivity contribution in [3.63, 3.8) is 0 Å². The number of sulfonamides is 1. The average molecular weight is 471 g/mol. The summed E-state index contributed by atoms with van der Waals surface area (Å²) in [6, 6.07) is 23.2. The van der Waals surface area contributed by atoms with Gasteiger partial charge in [0.15, 0.2) is 0 Å². The largest absolute Gasteiger partial charge is 0.384 e. The fourth-order valence-corrected chi connectivity index (χ4v) is 5.20.